The summed E-state index contributed by atoms with van der Waals surface area (Å²) in [5.41, 5.74) is 0. The van der Waals surface area contributed by atoms with Crippen molar-refractivity contribution in [3.63, 3.8) is 0 Å². The molecule has 0 fully saturated rings. The lowest BCUT2D eigenvalue weighted by Crippen LogP contribution is -2.13. The summed E-state index contributed by atoms with van der Waals surface area (Å²) in [5.74, 6) is -0.429. The molecule has 0 aromatic heterocycles. The number of carbonyl (C=O) groups is 1. The molecule has 44 valence electrons. The highest BCUT2D eigenvalue weighted by atomic mass is 32.2. The van der Waals surface area contributed by atoms with Gasteiger partial charge in [-0.15, -0.1) is 0 Å². The Labute approximate surface area is 48.8 Å². The van der Waals surface area contributed by atoms with Gasteiger partial charge in [0.25, 0.3) is 0 Å². The lowest BCUT2D eigenvalue weighted by Gasteiger charge is -2.00. The first-order valence-electron chi connectivity index (χ1n) is 2.02. The van der Waals surface area contributed by atoms with Crippen LogP contribution in [0.15, 0.2) is 11.7 Å². The molecule has 3 nitrogen and oxygen atoms in total. The van der Waals surface area contributed by atoms with E-state index < -0.39 is 16.8 Å². The zero-order valence-corrected chi connectivity index (χ0v) is 4.81. The summed E-state index contributed by atoms with van der Waals surface area (Å²) < 4.78 is 14.7. The average Bonchev–Trinajstić information content (AvgIpc) is 1.64. The van der Waals surface area contributed by atoms with Gasteiger partial charge >= 0.3 is 5.97 Å². The molecular weight excluding hydrogens is 128 g/mol. The van der Waals surface area contributed by atoms with Crippen LogP contribution < -0.4 is 0 Å². The molecule has 1 rings (SSSR count). The maximum Gasteiger partial charge on any atom is 0.323 e. The topological polar surface area (TPSA) is 43.4 Å². The van der Waals surface area contributed by atoms with Gasteiger partial charge in [-0.3, -0.25) is 9.00 Å². The predicted molar refractivity (Wildman–Crippen MR) is 28.2 cm³/mol. The molecule has 8 heavy (non-hydrogen) atoms. The Hall–Kier alpha value is -0.640. The molecule has 0 saturated heterocycles. The Morgan fingerprint density at radius 1 is 1.75 bits per heavy atom. The summed E-state index contributed by atoms with van der Waals surface area (Å²) >= 11 is 0. The smallest absolute Gasteiger partial charge is 0.323 e. The molecule has 0 N–H and O–H groups in total. The van der Waals surface area contributed by atoms with E-state index in [-0.39, 0.29) is 5.75 Å². The van der Waals surface area contributed by atoms with E-state index >= 15 is 0 Å². The Morgan fingerprint density at radius 3 is 2.88 bits per heavy atom. The van der Waals surface area contributed by atoms with Crippen molar-refractivity contribution < 1.29 is 13.7 Å². The third-order valence-electron chi connectivity index (χ3n) is 0.667. The summed E-state index contributed by atoms with van der Waals surface area (Å²) in [6.07, 6.45) is 1.15. The monoisotopic (exact) mass is 132 g/mol. The quantitative estimate of drug-likeness (QED) is 0.427. The molecule has 1 unspecified atom stereocenters. The standard InChI is InChI=1S/C4H4O3S/c5-4-3-8(6)2-1-7-4/h1-2H,3H2. The molecule has 1 heterocycles. The zero-order chi connectivity index (χ0) is 5.98. The van der Waals surface area contributed by atoms with Gasteiger partial charge in [-0.2, -0.15) is 0 Å². The minimum Gasteiger partial charge on any atom is -0.433 e. The average molecular weight is 132 g/mol. The maximum atomic E-state index is 10.4. The highest BCUT2D eigenvalue weighted by Gasteiger charge is 2.09. The van der Waals surface area contributed by atoms with Crippen molar-refractivity contribution >= 4 is 16.8 Å². The van der Waals surface area contributed by atoms with E-state index in [0.717, 1.165) is 6.26 Å². The zero-order valence-electron chi connectivity index (χ0n) is 3.99. The summed E-state index contributed by atoms with van der Waals surface area (Å²) in [7, 11) is -1.13. The van der Waals surface area contributed by atoms with Crippen LogP contribution in [-0.2, 0) is 20.3 Å². The lowest BCUT2D eigenvalue weighted by molar-refractivity contribution is -0.135. The first-order chi connectivity index (χ1) is 3.79. The Kier molecular flexibility index (Phi) is 1.43. The fourth-order valence-electron chi connectivity index (χ4n) is 0.364. The van der Waals surface area contributed by atoms with Crippen LogP contribution in [0, 0.1) is 0 Å². The summed E-state index contributed by atoms with van der Waals surface area (Å²) in [5, 5.41) is 1.35. The molecule has 0 spiro atoms. The van der Waals surface area contributed by atoms with E-state index in [1.54, 1.807) is 0 Å². The van der Waals surface area contributed by atoms with Gasteiger partial charge in [0.1, 0.15) is 12.0 Å². The van der Waals surface area contributed by atoms with Crippen LogP contribution in [0.4, 0.5) is 0 Å². The van der Waals surface area contributed by atoms with Gasteiger partial charge in [0.15, 0.2) is 0 Å². The van der Waals surface area contributed by atoms with Crippen LogP contribution >= 0.6 is 0 Å². The number of carbonyl (C=O) groups excluding carboxylic acids is 1. The van der Waals surface area contributed by atoms with E-state index in [4.69, 9.17) is 0 Å². The molecule has 0 radical (unpaired) electrons. The predicted octanol–water partition coefficient (Wildman–Crippen LogP) is -0.237. The van der Waals surface area contributed by atoms with Gasteiger partial charge in [0.05, 0.1) is 10.8 Å². The van der Waals surface area contributed by atoms with Crippen LogP contribution in [0.1, 0.15) is 0 Å². The van der Waals surface area contributed by atoms with Gasteiger partial charge < -0.3 is 4.74 Å². The van der Waals surface area contributed by atoms with E-state index in [1.807, 2.05) is 0 Å². The van der Waals surface area contributed by atoms with Crippen molar-refractivity contribution in [2.75, 3.05) is 5.75 Å². The molecule has 1 aliphatic heterocycles. The van der Waals surface area contributed by atoms with Crippen molar-refractivity contribution in [2.24, 2.45) is 0 Å². The largest absolute Gasteiger partial charge is 0.433 e. The van der Waals surface area contributed by atoms with Gasteiger partial charge in [-0.1, -0.05) is 0 Å². The minimum atomic E-state index is -1.13. The first-order valence-corrected chi connectivity index (χ1v) is 3.40. The Bertz CT molecular complexity index is 161. The fraction of sp³-hybridized carbons (Fsp3) is 0.250. The summed E-state index contributed by atoms with van der Waals surface area (Å²) in [6, 6.07) is 0. The Balaban J connectivity index is 2.68. The van der Waals surface area contributed by atoms with E-state index in [1.165, 1.54) is 5.41 Å². The van der Waals surface area contributed by atoms with Gasteiger partial charge in [-0.05, 0) is 0 Å². The number of ether oxygens (including phenoxy) is 1. The fourth-order valence-corrected chi connectivity index (χ4v) is 0.940. The van der Waals surface area contributed by atoms with Crippen LogP contribution in [0.5, 0.6) is 0 Å². The summed E-state index contributed by atoms with van der Waals surface area (Å²) in [6.45, 7) is 0. The van der Waals surface area contributed by atoms with Crippen molar-refractivity contribution in [3.05, 3.63) is 11.7 Å². The Morgan fingerprint density at radius 2 is 2.50 bits per heavy atom. The second-order valence-electron chi connectivity index (χ2n) is 1.29. The van der Waals surface area contributed by atoms with E-state index in [0.29, 0.717) is 0 Å². The van der Waals surface area contributed by atoms with Crippen molar-refractivity contribution in [1.29, 1.82) is 0 Å². The molecule has 0 aromatic carbocycles. The SMILES string of the molecule is O=C1CS(=O)C=CO1. The van der Waals surface area contributed by atoms with Gasteiger partial charge in [-0.25, -0.2) is 0 Å². The third kappa shape index (κ3) is 1.16. The first kappa shape index (κ1) is 5.50. The van der Waals surface area contributed by atoms with Gasteiger partial charge in [0, 0.05) is 5.41 Å². The highest BCUT2D eigenvalue weighted by molar-refractivity contribution is 7.88. The van der Waals surface area contributed by atoms with Crippen LogP contribution in [-0.4, -0.2) is 15.9 Å². The second kappa shape index (κ2) is 2.09. The summed E-state index contributed by atoms with van der Waals surface area (Å²) in [4.78, 5) is 10.2. The number of cyclic esters (lactones) is 1. The van der Waals surface area contributed by atoms with E-state index in [2.05, 4.69) is 4.74 Å². The molecule has 4 heteroatoms. The number of hydrogen-bond donors (Lipinski definition) is 0. The molecule has 0 amide bonds. The molecule has 0 aliphatic carbocycles. The molecule has 0 saturated carbocycles. The molecule has 0 bridgehead atoms. The van der Waals surface area contributed by atoms with Crippen LogP contribution in [0.3, 0.4) is 0 Å². The normalized spacial score (nSPS) is 27.5. The highest BCUT2D eigenvalue weighted by Crippen LogP contribution is 1.95. The number of rotatable bonds is 0. The van der Waals surface area contributed by atoms with E-state index in [9.17, 15) is 9.00 Å². The van der Waals surface area contributed by atoms with Crippen LogP contribution in [0.2, 0.25) is 0 Å². The van der Waals surface area contributed by atoms with Gasteiger partial charge in [0.2, 0.25) is 0 Å². The van der Waals surface area contributed by atoms with Crippen molar-refractivity contribution in [1.82, 2.24) is 0 Å². The minimum absolute atomic E-state index is 0.00347. The molecule has 0 aromatic rings. The second-order valence-corrected chi connectivity index (χ2v) is 2.61. The maximum absolute atomic E-state index is 10.4. The molecule has 1 atom stereocenters. The number of esters is 1. The number of hydrogen-bond acceptors (Lipinski definition) is 3. The van der Waals surface area contributed by atoms with Crippen molar-refractivity contribution in [2.45, 2.75) is 0 Å². The third-order valence-corrected chi connectivity index (χ3v) is 1.60. The van der Waals surface area contributed by atoms with Crippen LogP contribution in [0.25, 0.3) is 0 Å². The molecule has 1 aliphatic rings. The van der Waals surface area contributed by atoms with Crippen molar-refractivity contribution in [3.8, 4) is 0 Å². The molecular formula is C4H4O3S. The lowest BCUT2D eigenvalue weighted by atomic mass is 10.8.